The number of carbonyl (C=O) groups is 1. The number of rotatable bonds is 4. The lowest BCUT2D eigenvalue weighted by molar-refractivity contribution is -0.146. The van der Waals surface area contributed by atoms with Gasteiger partial charge in [-0.25, -0.2) is 13.6 Å². The number of hydrogen-bond donors (Lipinski definition) is 3. The van der Waals surface area contributed by atoms with Crippen molar-refractivity contribution in [3.05, 3.63) is 12.2 Å². The Morgan fingerprint density at radius 3 is 2.42 bits per heavy atom. The van der Waals surface area contributed by atoms with Crippen LogP contribution < -0.4 is 11.5 Å². The highest BCUT2D eigenvalue weighted by Crippen LogP contribution is 2.14. The summed E-state index contributed by atoms with van der Waals surface area (Å²) in [5.41, 5.74) is 7.21. The largest absolute Gasteiger partial charge is 0.479 e. The molecule has 0 rings (SSSR count). The smallest absolute Gasteiger partial charge is 0.333 e. The lowest BCUT2D eigenvalue weighted by Gasteiger charge is -2.18. The quantitative estimate of drug-likeness (QED) is 0.511. The van der Waals surface area contributed by atoms with Crippen LogP contribution in [0.2, 0.25) is 0 Å². The third-order valence-corrected chi connectivity index (χ3v) is 1.26. The summed E-state index contributed by atoms with van der Waals surface area (Å²) in [6, 6.07) is 0. The van der Waals surface area contributed by atoms with Gasteiger partial charge in [0.1, 0.15) is 0 Å². The first-order valence-electron chi connectivity index (χ1n) is 3.13. The Morgan fingerprint density at radius 1 is 1.67 bits per heavy atom. The van der Waals surface area contributed by atoms with Crippen molar-refractivity contribution < 1.29 is 18.7 Å². The molecule has 0 aliphatic heterocycles. The molecule has 0 spiro atoms. The zero-order valence-corrected chi connectivity index (χ0v) is 6.21. The third-order valence-electron chi connectivity index (χ3n) is 1.26. The predicted octanol–water partition coefficient (Wildman–Crippen LogP) is -0.452. The van der Waals surface area contributed by atoms with Crippen LogP contribution in [0.3, 0.4) is 0 Å². The van der Waals surface area contributed by atoms with E-state index in [0.717, 1.165) is 6.08 Å². The van der Waals surface area contributed by atoms with Crippen molar-refractivity contribution in [3.63, 3.8) is 0 Å². The van der Waals surface area contributed by atoms with Gasteiger partial charge in [-0.3, -0.25) is 0 Å². The molecule has 12 heavy (non-hydrogen) atoms. The van der Waals surface area contributed by atoms with Crippen LogP contribution in [0.1, 0.15) is 0 Å². The normalized spacial score (nSPS) is 16.8. The van der Waals surface area contributed by atoms with E-state index in [-0.39, 0.29) is 6.54 Å². The molecule has 0 aromatic rings. The summed E-state index contributed by atoms with van der Waals surface area (Å²) < 4.78 is 24.1. The fourth-order valence-corrected chi connectivity index (χ4v) is 0.500. The van der Waals surface area contributed by atoms with E-state index < -0.39 is 17.9 Å². The van der Waals surface area contributed by atoms with Gasteiger partial charge in [-0.2, -0.15) is 0 Å². The maximum absolute atomic E-state index is 12.1. The summed E-state index contributed by atoms with van der Waals surface area (Å²) in [6.07, 6.45) is -1.38. The molecule has 0 aliphatic carbocycles. The maximum atomic E-state index is 12.1. The molecule has 70 valence electrons. The van der Waals surface area contributed by atoms with E-state index in [1.54, 1.807) is 0 Å². The minimum Gasteiger partial charge on any atom is -0.479 e. The third kappa shape index (κ3) is 2.24. The first-order chi connectivity index (χ1) is 5.45. The number of alkyl halides is 2. The van der Waals surface area contributed by atoms with Gasteiger partial charge < -0.3 is 16.6 Å². The molecule has 0 saturated carbocycles. The van der Waals surface area contributed by atoms with E-state index in [1.165, 1.54) is 0 Å². The molecule has 6 heteroatoms. The molecule has 0 aromatic carbocycles. The van der Waals surface area contributed by atoms with Gasteiger partial charge in [0, 0.05) is 6.54 Å². The van der Waals surface area contributed by atoms with Crippen LogP contribution in [0.5, 0.6) is 0 Å². The van der Waals surface area contributed by atoms with Crippen molar-refractivity contribution >= 4 is 5.97 Å². The average molecular weight is 180 g/mol. The van der Waals surface area contributed by atoms with Gasteiger partial charge >= 0.3 is 5.97 Å². The first-order valence-corrected chi connectivity index (χ1v) is 3.13. The van der Waals surface area contributed by atoms with Crippen LogP contribution in [0.15, 0.2) is 12.2 Å². The number of carboxylic acid groups (broad SMARTS) is 1. The van der Waals surface area contributed by atoms with Gasteiger partial charge in [0.25, 0.3) is 6.43 Å². The Bertz CT molecular complexity index is 196. The standard InChI is InChI=1S/C6H10F2N2O2/c7-4(8)6(10,5(11)12)2-1-3-9/h1-2,4H,3,9-10H2,(H,11,12)/b2-1+. The van der Waals surface area contributed by atoms with Gasteiger partial charge in [0.15, 0.2) is 5.54 Å². The van der Waals surface area contributed by atoms with Gasteiger partial charge in [-0.05, 0) is 0 Å². The highest BCUT2D eigenvalue weighted by atomic mass is 19.3. The molecule has 0 saturated heterocycles. The van der Waals surface area contributed by atoms with Gasteiger partial charge in [0.05, 0.1) is 0 Å². The van der Waals surface area contributed by atoms with Crippen LogP contribution >= 0.6 is 0 Å². The van der Waals surface area contributed by atoms with Gasteiger partial charge in [-0.1, -0.05) is 12.2 Å². The highest BCUT2D eigenvalue weighted by Gasteiger charge is 2.41. The fraction of sp³-hybridized carbons (Fsp3) is 0.500. The summed E-state index contributed by atoms with van der Waals surface area (Å²) in [4.78, 5) is 10.3. The molecule has 0 aromatic heterocycles. The molecule has 1 atom stereocenters. The van der Waals surface area contributed by atoms with E-state index in [4.69, 9.17) is 16.6 Å². The monoisotopic (exact) mass is 180 g/mol. The summed E-state index contributed by atoms with van der Waals surface area (Å²) in [5.74, 6) is -1.78. The number of carboxylic acids is 1. The Kier molecular flexibility index (Phi) is 3.78. The molecule has 0 aliphatic rings. The van der Waals surface area contributed by atoms with Gasteiger partial charge in [0.2, 0.25) is 0 Å². The average Bonchev–Trinajstić information content (AvgIpc) is 1.99. The minimum atomic E-state index is -3.15. The lowest BCUT2D eigenvalue weighted by atomic mass is 10.0. The molecule has 0 radical (unpaired) electrons. The maximum Gasteiger partial charge on any atom is 0.333 e. The summed E-state index contributed by atoms with van der Waals surface area (Å²) >= 11 is 0. The Morgan fingerprint density at radius 2 is 2.17 bits per heavy atom. The molecular formula is C6H10F2N2O2. The predicted molar refractivity (Wildman–Crippen MR) is 38.8 cm³/mol. The topological polar surface area (TPSA) is 89.3 Å². The number of hydrogen-bond acceptors (Lipinski definition) is 3. The van der Waals surface area contributed by atoms with Crippen molar-refractivity contribution in [1.82, 2.24) is 0 Å². The van der Waals surface area contributed by atoms with E-state index in [0.29, 0.717) is 6.08 Å². The SMILES string of the molecule is NC/C=C/C(N)(C(=O)O)C(F)F. The molecular weight excluding hydrogens is 170 g/mol. The Labute approximate surface area is 67.8 Å². The molecule has 4 nitrogen and oxygen atoms in total. The highest BCUT2D eigenvalue weighted by molar-refractivity contribution is 5.81. The van der Waals surface area contributed by atoms with Gasteiger partial charge in [-0.15, -0.1) is 0 Å². The van der Waals surface area contributed by atoms with E-state index >= 15 is 0 Å². The summed E-state index contributed by atoms with van der Waals surface area (Å²) in [7, 11) is 0. The number of nitrogens with two attached hydrogens (primary N) is 2. The Balaban J connectivity index is 4.63. The van der Waals surface area contributed by atoms with E-state index in [1.807, 2.05) is 0 Å². The summed E-state index contributed by atoms with van der Waals surface area (Å²) in [5, 5.41) is 8.33. The van der Waals surface area contributed by atoms with Crippen molar-refractivity contribution in [2.24, 2.45) is 11.5 Å². The second-order valence-electron chi connectivity index (χ2n) is 2.18. The van der Waals surface area contributed by atoms with Crippen LogP contribution in [0.4, 0.5) is 8.78 Å². The van der Waals surface area contributed by atoms with Crippen LogP contribution in [0, 0.1) is 0 Å². The zero-order valence-electron chi connectivity index (χ0n) is 6.21. The van der Waals surface area contributed by atoms with Crippen LogP contribution in [-0.2, 0) is 4.79 Å². The van der Waals surface area contributed by atoms with Crippen molar-refractivity contribution in [3.8, 4) is 0 Å². The lowest BCUT2D eigenvalue weighted by Crippen LogP contribution is -2.52. The number of halogens is 2. The van der Waals surface area contributed by atoms with Crippen LogP contribution in [0.25, 0.3) is 0 Å². The summed E-state index contributed by atoms with van der Waals surface area (Å²) in [6.45, 7) is -0.0288. The minimum absolute atomic E-state index is 0.0288. The Hall–Kier alpha value is -1.01. The fourth-order valence-electron chi connectivity index (χ4n) is 0.500. The molecule has 0 bridgehead atoms. The number of aliphatic carboxylic acids is 1. The van der Waals surface area contributed by atoms with Crippen LogP contribution in [-0.4, -0.2) is 29.6 Å². The first kappa shape index (κ1) is 11.0. The molecule has 1 unspecified atom stereocenters. The van der Waals surface area contributed by atoms with E-state index in [9.17, 15) is 13.6 Å². The second kappa shape index (κ2) is 4.13. The zero-order chi connectivity index (χ0) is 9.78. The van der Waals surface area contributed by atoms with Crippen molar-refractivity contribution in [2.45, 2.75) is 12.0 Å². The molecule has 0 fully saturated rings. The van der Waals surface area contributed by atoms with Crippen molar-refractivity contribution in [2.75, 3.05) is 6.54 Å². The molecule has 0 amide bonds. The van der Waals surface area contributed by atoms with Crippen molar-refractivity contribution in [1.29, 1.82) is 0 Å². The second-order valence-corrected chi connectivity index (χ2v) is 2.18. The molecule has 0 heterocycles. The van der Waals surface area contributed by atoms with E-state index in [2.05, 4.69) is 0 Å². The molecule has 5 N–H and O–H groups in total.